The van der Waals surface area contributed by atoms with Crippen LogP contribution in [0, 0.1) is 5.82 Å². The van der Waals surface area contributed by atoms with Crippen LogP contribution >= 0.6 is 0 Å². The number of imidazole rings is 1. The molecule has 0 spiro atoms. The summed E-state index contributed by atoms with van der Waals surface area (Å²) in [6, 6.07) is 6.31. The second-order valence-electron chi connectivity index (χ2n) is 7.16. The largest absolute Gasteiger partial charge is 0.479 e. The molecule has 3 aromatic heterocycles. The van der Waals surface area contributed by atoms with E-state index in [9.17, 15) is 4.39 Å². The third-order valence-electron chi connectivity index (χ3n) is 5.30. The van der Waals surface area contributed by atoms with E-state index in [1.165, 1.54) is 19.2 Å². The highest BCUT2D eigenvalue weighted by molar-refractivity contribution is 5.84. The lowest BCUT2D eigenvalue weighted by Gasteiger charge is -2.28. The number of morpholine rings is 1. The van der Waals surface area contributed by atoms with Gasteiger partial charge >= 0.3 is 0 Å². The topological polar surface area (TPSA) is 83.1 Å². The number of nitrogens with zero attached hydrogens (tertiary/aromatic N) is 7. The van der Waals surface area contributed by atoms with Gasteiger partial charge in [-0.2, -0.15) is 9.97 Å². The van der Waals surface area contributed by atoms with E-state index in [0.29, 0.717) is 36.2 Å². The van der Waals surface area contributed by atoms with E-state index in [1.54, 1.807) is 23.3 Å². The van der Waals surface area contributed by atoms with Gasteiger partial charge < -0.3 is 18.9 Å². The Morgan fingerprint density at radius 1 is 1.19 bits per heavy atom. The first-order chi connectivity index (χ1) is 15.2. The van der Waals surface area contributed by atoms with E-state index in [0.717, 1.165) is 36.6 Å². The number of aromatic nitrogens is 6. The molecule has 0 radical (unpaired) electrons. The maximum atomic E-state index is 13.8. The fourth-order valence-electron chi connectivity index (χ4n) is 3.71. The van der Waals surface area contributed by atoms with Crippen molar-refractivity contribution in [3.8, 4) is 23.0 Å². The molecule has 0 saturated carbocycles. The molecule has 4 aromatic rings. The zero-order valence-corrected chi connectivity index (χ0v) is 17.3. The van der Waals surface area contributed by atoms with Crippen LogP contribution in [0.5, 0.6) is 5.88 Å². The average molecular weight is 423 g/mol. The van der Waals surface area contributed by atoms with Gasteiger partial charge in [0.05, 0.1) is 32.2 Å². The molecule has 5 rings (SSSR count). The number of aryl methyl sites for hydroxylation is 1. The van der Waals surface area contributed by atoms with Gasteiger partial charge in [0.1, 0.15) is 5.82 Å². The summed E-state index contributed by atoms with van der Waals surface area (Å²) < 4.78 is 28.3. The van der Waals surface area contributed by atoms with Gasteiger partial charge in [-0.1, -0.05) is 12.1 Å². The minimum atomic E-state index is -0.327. The van der Waals surface area contributed by atoms with Gasteiger partial charge in [-0.05, 0) is 24.6 Å². The summed E-state index contributed by atoms with van der Waals surface area (Å²) in [6.45, 7) is 5.48. The van der Waals surface area contributed by atoms with E-state index >= 15 is 0 Å². The van der Waals surface area contributed by atoms with E-state index in [2.05, 4.69) is 15.0 Å². The van der Waals surface area contributed by atoms with Gasteiger partial charge in [0.2, 0.25) is 5.88 Å². The quantitative estimate of drug-likeness (QED) is 0.488. The zero-order valence-electron chi connectivity index (χ0n) is 17.3. The number of fused-ring (bicyclic) bond motifs is 1. The lowest BCUT2D eigenvalue weighted by molar-refractivity contribution is 0.122. The highest BCUT2D eigenvalue weighted by atomic mass is 19.1. The predicted octanol–water partition coefficient (Wildman–Crippen LogP) is 2.68. The minimum Gasteiger partial charge on any atom is -0.479 e. The lowest BCUT2D eigenvalue weighted by atomic mass is 10.1. The first kappa shape index (κ1) is 19.4. The second kappa shape index (κ2) is 7.95. The monoisotopic (exact) mass is 423 g/mol. The normalized spacial score (nSPS) is 14.4. The van der Waals surface area contributed by atoms with Gasteiger partial charge in [-0.15, -0.1) is 5.10 Å². The molecule has 0 bridgehead atoms. The molecule has 9 nitrogen and oxygen atoms in total. The van der Waals surface area contributed by atoms with Crippen LogP contribution in [0.1, 0.15) is 6.92 Å². The van der Waals surface area contributed by atoms with E-state index in [1.807, 2.05) is 17.6 Å². The van der Waals surface area contributed by atoms with E-state index in [-0.39, 0.29) is 5.82 Å². The van der Waals surface area contributed by atoms with Crippen molar-refractivity contribution in [1.82, 2.24) is 29.3 Å². The Morgan fingerprint density at radius 3 is 2.77 bits per heavy atom. The fourth-order valence-corrected chi connectivity index (χ4v) is 3.71. The van der Waals surface area contributed by atoms with Crippen LogP contribution in [0.25, 0.3) is 28.2 Å². The Morgan fingerprint density at radius 2 is 2.03 bits per heavy atom. The van der Waals surface area contributed by atoms with Crippen LogP contribution < -0.4 is 9.64 Å². The maximum absolute atomic E-state index is 13.8. The molecule has 1 aliphatic heterocycles. The minimum absolute atomic E-state index is 0.327. The van der Waals surface area contributed by atoms with Crippen LogP contribution in [0.4, 0.5) is 10.2 Å². The molecule has 31 heavy (non-hydrogen) atoms. The third kappa shape index (κ3) is 3.48. The molecule has 1 fully saturated rings. The molecule has 0 amide bonds. The van der Waals surface area contributed by atoms with E-state index in [4.69, 9.17) is 19.4 Å². The maximum Gasteiger partial charge on any atom is 0.254 e. The smallest absolute Gasteiger partial charge is 0.254 e. The predicted molar refractivity (Wildman–Crippen MR) is 113 cm³/mol. The second-order valence-corrected chi connectivity index (χ2v) is 7.16. The summed E-state index contributed by atoms with van der Waals surface area (Å²) in [5.74, 6) is 1.18. The molecule has 10 heteroatoms. The summed E-state index contributed by atoms with van der Waals surface area (Å²) in [7, 11) is 1.53. The van der Waals surface area contributed by atoms with Crippen molar-refractivity contribution in [2.24, 2.45) is 0 Å². The Labute approximate surface area is 178 Å². The first-order valence-electron chi connectivity index (χ1n) is 10.1. The molecule has 160 valence electrons. The molecular weight excluding hydrogens is 401 g/mol. The Bertz CT molecular complexity index is 1230. The van der Waals surface area contributed by atoms with E-state index < -0.39 is 0 Å². The Kier molecular flexibility index (Phi) is 4.99. The van der Waals surface area contributed by atoms with Crippen molar-refractivity contribution >= 4 is 17.0 Å². The van der Waals surface area contributed by atoms with Gasteiger partial charge in [0.15, 0.2) is 17.0 Å². The molecule has 0 atom stereocenters. The Hall–Kier alpha value is -3.53. The summed E-state index contributed by atoms with van der Waals surface area (Å²) in [6.07, 6.45) is 3.53. The standard InChI is InChI=1S/C21H22FN7O2/c1-3-27-13-23-17-18(27)24-21(25-19(17)28-7-9-31-10-8-28)29-12-16(20(26-29)30-2)14-5-4-6-15(22)11-14/h4-6,11-13H,3,7-10H2,1-2H3. The molecule has 1 aromatic carbocycles. The molecule has 1 aliphatic rings. The fraction of sp³-hybridized carbons (Fsp3) is 0.333. The number of benzene rings is 1. The first-order valence-corrected chi connectivity index (χ1v) is 10.1. The van der Waals surface area contributed by atoms with Crippen molar-refractivity contribution in [3.63, 3.8) is 0 Å². The van der Waals surface area contributed by atoms with Gasteiger partial charge in [-0.25, -0.2) is 14.1 Å². The molecule has 1 saturated heterocycles. The molecule has 0 aliphatic carbocycles. The van der Waals surface area contributed by atoms with Gasteiger partial charge in [-0.3, -0.25) is 0 Å². The van der Waals surface area contributed by atoms with Crippen molar-refractivity contribution in [2.75, 3.05) is 38.3 Å². The molecule has 0 unspecified atom stereocenters. The summed E-state index contributed by atoms with van der Waals surface area (Å²) in [5, 5.41) is 4.51. The number of ether oxygens (including phenoxy) is 2. The average Bonchev–Trinajstić information content (AvgIpc) is 3.43. The number of anilines is 1. The number of hydrogen-bond donors (Lipinski definition) is 0. The van der Waals surface area contributed by atoms with Gasteiger partial charge in [0.25, 0.3) is 5.95 Å². The zero-order chi connectivity index (χ0) is 21.4. The summed E-state index contributed by atoms with van der Waals surface area (Å²) >= 11 is 0. The SMILES string of the molecule is CCn1cnc2c(N3CCOCC3)nc(-n3cc(-c4cccc(F)c4)c(OC)n3)nc21. The Balaban J connectivity index is 1.66. The number of hydrogen-bond acceptors (Lipinski definition) is 7. The van der Waals surface area contributed by atoms with Crippen LogP contribution in [-0.2, 0) is 11.3 Å². The lowest BCUT2D eigenvalue weighted by Crippen LogP contribution is -2.37. The van der Waals surface area contributed by atoms with Crippen LogP contribution in [-0.4, -0.2) is 62.7 Å². The molecule has 4 heterocycles. The highest BCUT2D eigenvalue weighted by Gasteiger charge is 2.22. The summed E-state index contributed by atoms with van der Waals surface area (Å²) in [4.78, 5) is 16.2. The number of methoxy groups -OCH3 is 1. The van der Waals surface area contributed by atoms with Crippen molar-refractivity contribution < 1.29 is 13.9 Å². The van der Waals surface area contributed by atoms with Crippen molar-refractivity contribution in [3.05, 3.63) is 42.6 Å². The molecule has 0 N–H and O–H groups in total. The van der Waals surface area contributed by atoms with Gasteiger partial charge in [0, 0.05) is 25.8 Å². The highest BCUT2D eigenvalue weighted by Crippen LogP contribution is 2.31. The third-order valence-corrected chi connectivity index (χ3v) is 5.30. The van der Waals surface area contributed by atoms with Crippen molar-refractivity contribution in [1.29, 1.82) is 0 Å². The van der Waals surface area contributed by atoms with Crippen molar-refractivity contribution in [2.45, 2.75) is 13.5 Å². The van der Waals surface area contributed by atoms with Crippen LogP contribution in [0.2, 0.25) is 0 Å². The molecular formula is C21H22FN7O2. The number of halogens is 1. The summed E-state index contributed by atoms with van der Waals surface area (Å²) in [5.41, 5.74) is 2.80. The van der Waals surface area contributed by atoms with Crippen LogP contribution in [0.3, 0.4) is 0 Å². The number of rotatable bonds is 5. The van der Waals surface area contributed by atoms with Crippen LogP contribution in [0.15, 0.2) is 36.8 Å².